The lowest BCUT2D eigenvalue weighted by atomic mass is 10.2. The first-order valence-corrected chi connectivity index (χ1v) is 7.02. The molecule has 0 atom stereocenters. The smallest absolute Gasteiger partial charge is 0.313 e. The van der Waals surface area contributed by atoms with Gasteiger partial charge in [-0.2, -0.15) is 0 Å². The van der Waals surface area contributed by atoms with Crippen LogP contribution in [0.3, 0.4) is 0 Å². The van der Waals surface area contributed by atoms with Gasteiger partial charge >= 0.3 is 11.8 Å². The number of carbonyl (C=O) groups is 1. The maximum atomic E-state index is 12.0. The van der Waals surface area contributed by atoms with Gasteiger partial charge in [-0.05, 0) is 23.8 Å². The molecule has 2 aromatic carbocycles. The lowest BCUT2D eigenvalue weighted by molar-refractivity contribution is 0.0988. The second kappa shape index (κ2) is 6.41. The molecule has 5 nitrogen and oxygen atoms in total. The van der Waals surface area contributed by atoms with Crippen LogP contribution in [-0.4, -0.2) is 16.1 Å². The summed E-state index contributed by atoms with van der Waals surface area (Å²) in [6.45, 7) is 0. The van der Waals surface area contributed by atoms with E-state index in [0.717, 1.165) is 5.56 Å². The molecule has 6 heteroatoms. The van der Waals surface area contributed by atoms with E-state index in [1.165, 1.54) is 0 Å². The third-order valence-electron chi connectivity index (χ3n) is 2.94. The molecule has 0 radical (unpaired) electrons. The maximum Gasteiger partial charge on any atom is 0.313 e. The number of benzene rings is 2. The minimum atomic E-state index is -0.464. The normalized spacial score (nSPS) is 10.4. The highest BCUT2D eigenvalue weighted by molar-refractivity contribution is 6.30. The van der Waals surface area contributed by atoms with Gasteiger partial charge in [-0.15, -0.1) is 10.2 Å². The first-order chi connectivity index (χ1) is 10.7. The van der Waals surface area contributed by atoms with Gasteiger partial charge in [-0.25, -0.2) is 0 Å². The van der Waals surface area contributed by atoms with E-state index in [0.29, 0.717) is 23.0 Å². The van der Waals surface area contributed by atoms with Crippen molar-refractivity contribution in [2.75, 3.05) is 5.32 Å². The molecular weight excluding hydrogens is 302 g/mol. The van der Waals surface area contributed by atoms with E-state index in [1.54, 1.807) is 24.3 Å². The molecule has 0 saturated heterocycles. The summed E-state index contributed by atoms with van der Waals surface area (Å²) >= 11 is 5.87. The van der Waals surface area contributed by atoms with Gasteiger partial charge in [-0.3, -0.25) is 4.79 Å². The highest BCUT2D eigenvalue weighted by Gasteiger charge is 2.15. The number of aromatic nitrogens is 2. The van der Waals surface area contributed by atoms with Gasteiger partial charge in [0.25, 0.3) is 0 Å². The van der Waals surface area contributed by atoms with Crippen LogP contribution in [0, 0.1) is 0 Å². The zero-order valence-electron chi connectivity index (χ0n) is 11.5. The lowest BCUT2D eigenvalue weighted by Gasteiger charge is -2.01. The van der Waals surface area contributed by atoms with Crippen LogP contribution in [0.25, 0.3) is 0 Å². The highest BCUT2D eigenvalue weighted by atomic mass is 35.5. The Labute approximate surface area is 131 Å². The van der Waals surface area contributed by atoms with E-state index in [2.05, 4.69) is 15.5 Å². The predicted molar refractivity (Wildman–Crippen MR) is 83.0 cm³/mol. The van der Waals surface area contributed by atoms with Crippen molar-refractivity contribution in [2.45, 2.75) is 6.42 Å². The Morgan fingerprint density at radius 3 is 2.68 bits per heavy atom. The van der Waals surface area contributed by atoms with Gasteiger partial charge in [0.2, 0.25) is 5.89 Å². The van der Waals surface area contributed by atoms with Crippen LogP contribution >= 0.6 is 11.6 Å². The number of carbonyl (C=O) groups excluding carboxylic acids is 1. The molecule has 0 unspecified atom stereocenters. The predicted octanol–water partition coefficient (Wildman–Crippen LogP) is 3.57. The largest absolute Gasteiger partial charge is 0.417 e. The molecule has 0 fully saturated rings. The summed E-state index contributed by atoms with van der Waals surface area (Å²) in [5.41, 5.74) is 1.60. The molecule has 1 heterocycles. The van der Waals surface area contributed by atoms with Crippen LogP contribution in [-0.2, 0) is 6.42 Å². The van der Waals surface area contributed by atoms with Crippen LogP contribution in [0.2, 0.25) is 5.02 Å². The Morgan fingerprint density at radius 1 is 1.09 bits per heavy atom. The van der Waals surface area contributed by atoms with Crippen LogP contribution in [0.1, 0.15) is 22.1 Å². The van der Waals surface area contributed by atoms with E-state index >= 15 is 0 Å². The van der Waals surface area contributed by atoms with Crippen molar-refractivity contribution in [2.24, 2.45) is 0 Å². The van der Waals surface area contributed by atoms with Gasteiger partial charge < -0.3 is 9.73 Å². The van der Waals surface area contributed by atoms with E-state index in [-0.39, 0.29) is 5.89 Å². The summed E-state index contributed by atoms with van der Waals surface area (Å²) in [5, 5.41) is 10.8. The molecular formula is C16H12ClN3O2. The van der Waals surface area contributed by atoms with Crippen molar-refractivity contribution in [3.63, 3.8) is 0 Å². The third kappa shape index (κ3) is 3.51. The Morgan fingerprint density at radius 2 is 1.91 bits per heavy atom. The van der Waals surface area contributed by atoms with Crippen molar-refractivity contribution in [1.29, 1.82) is 0 Å². The highest BCUT2D eigenvalue weighted by Crippen LogP contribution is 2.16. The molecule has 0 aliphatic carbocycles. The SMILES string of the molecule is O=C(Nc1cccc(Cl)c1)c1nnc(Cc2ccccc2)o1. The fourth-order valence-electron chi connectivity index (χ4n) is 1.94. The third-order valence-corrected chi connectivity index (χ3v) is 3.18. The van der Waals surface area contributed by atoms with Crippen molar-refractivity contribution in [3.8, 4) is 0 Å². The molecule has 0 aliphatic heterocycles. The van der Waals surface area contributed by atoms with Crippen molar-refractivity contribution >= 4 is 23.2 Å². The Balaban J connectivity index is 1.69. The minimum Gasteiger partial charge on any atom is -0.417 e. The molecule has 0 bridgehead atoms. The maximum absolute atomic E-state index is 12.0. The summed E-state index contributed by atoms with van der Waals surface area (Å²) in [4.78, 5) is 12.0. The van der Waals surface area contributed by atoms with Crippen molar-refractivity contribution < 1.29 is 9.21 Å². The number of nitrogens with one attached hydrogen (secondary N) is 1. The molecule has 110 valence electrons. The van der Waals surface area contributed by atoms with Crippen LogP contribution in [0.15, 0.2) is 59.0 Å². The van der Waals surface area contributed by atoms with Gasteiger partial charge in [0.05, 0.1) is 6.42 Å². The number of hydrogen-bond acceptors (Lipinski definition) is 4. The Hall–Kier alpha value is -2.66. The fourth-order valence-corrected chi connectivity index (χ4v) is 2.13. The first-order valence-electron chi connectivity index (χ1n) is 6.64. The van der Waals surface area contributed by atoms with Crippen LogP contribution in [0.5, 0.6) is 0 Å². The minimum absolute atomic E-state index is 0.0779. The monoisotopic (exact) mass is 313 g/mol. The molecule has 1 N–H and O–H groups in total. The van der Waals surface area contributed by atoms with Gasteiger partial charge in [0, 0.05) is 10.7 Å². The molecule has 22 heavy (non-hydrogen) atoms. The molecule has 1 amide bonds. The molecule has 0 aliphatic rings. The van der Waals surface area contributed by atoms with Gasteiger partial charge in [0.15, 0.2) is 0 Å². The molecule has 3 rings (SSSR count). The van der Waals surface area contributed by atoms with E-state index in [1.807, 2.05) is 30.3 Å². The standard InChI is InChI=1S/C16H12ClN3O2/c17-12-7-4-8-13(10-12)18-15(21)16-20-19-14(22-16)9-11-5-2-1-3-6-11/h1-8,10H,9H2,(H,18,21). The number of rotatable bonds is 4. The summed E-state index contributed by atoms with van der Waals surface area (Å²) in [6.07, 6.45) is 0.484. The van der Waals surface area contributed by atoms with E-state index < -0.39 is 5.91 Å². The first kappa shape index (κ1) is 14.3. The molecule has 3 aromatic rings. The van der Waals surface area contributed by atoms with Crippen molar-refractivity contribution in [3.05, 3.63) is 77.0 Å². The Kier molecular flexibility index (Phi) is 4.16. The van der Waals surface area contributed by atoms with E-state index in [9.17, 15) is 4.79 Å². The summed E-state index contributed by atoms with van der Waals surface area (Å²) < 4.78 is 5.38. The number of anilines is 1. The molecule has 0 saturated carbocycles. The second-order valence-corrected chi connectivity index (χ2v) is 5.06. The molecule has 0 spiro atoms. The van der Waals surface area contributed by atoms with Crippen LogP contribution in [0.4, 0.5) is 5.69 Å². The van der Waals surface area contributed by atoms with Crippen molar-refractivity contribution in [1.82, 2.24) is 10.2 Å². The number of amides is 1. The summed E-state index contributed by atoms with van der Waals surface area (Å²) in [6, 6.07) is 16.5. The van der Waals surface area contributed by atoms with Gasteiger partial charge in [0.1, 0.15) is 0 Å². The number of nitrogens with zero attached hydrogens (tertiary/aromatic N) is 2. The van der Waals surface area contributed by atoms with Crippen LogP contribution < -0.4 is 5.32 Å². The summed E-state index contributed by atoms with van der Waals surface area (Å²) in [7, 11) is 0. The average molecular weight is 314 g/mol. The number of hydrogen-bond donors (Lipinski definition) is 1. The summed E-state index contributed by atoms with van der Waals surface area (Å²) in [5.74, 6) is -0.151. The zero-order chi connectivity index (χ0) is 15.4. The fraction of sp³-hybridized carbons (Fsp3) is 0.0625. The van der Waals surface area contributed by atoms with Gasteiger partial charge in [-0.1, -0.05) is 48.0 Å². The van der Waals surface area contributed by atoms with E-state index in [4.69, 9.17) is 16.0 Å². The Bertz CT molecular complexity index is 787. The quantitative estimate of drug-likeness (QED) is 0.799. The number of halogens is 1. The lowest BCUT2D eigenvalue weighted by Crippen LogP contribution is -2.12. The molecule has 1 aromatic heterocycles. The zero-order valence-corrected chi connectivity index (χ0v) is 12.2. The topological polar surface area (TPSA) is 68.0 Å². The second-order valence-electron chi connectivity index (χ2n) is 4.63. The average Bonchev–Trinajstić information content (AvgIpc) is 2.97.